The minimum Gasteiger partial charge on any atom is -0.319 e. The van der Waals surface area contributed by atoms with Gasteiger partial charge in [-0.2, -0.15) is 10.2 Å². The number of rotatable bonds is 3. The molecule has 1 aromatic carbocycles. The van der Waals surface area contributed by atoms with Gasteiger partial charge in [-0.15, -0.1) is 0 Å². The smallest absolute Gasteiger partial charge is 0.257 e. The van der Waals surface area contributed by atoms with E-state index in [1.54, 1.807) is 47.2 Å². The highest BCUT2D eigenvalue weighted by Crippen LogP contribution is 2.28. The first-order chi connectivity index (χ1) is 12.1. The molecule has 4 rings (SSSR count). The second-order valence-corrected chi connectivity index (χ2v) is 6.19. The number of nitrogens with one attached hydrogen (secondary N) is 2. The lowest BCUT2D eigenvalue weighted by atomic mass is 10.1. The molecule has 1 amide bonds. The number of fused-ring (bicyclic) bond motifs is 1. The molecule has 3 heterocycles. The molecule has 8 heteroatoms. The fraction of sp³-hybridized carbons (Fsp3) is 0. The van der Waals surface area contributed by atoms with Crippen molar-refractivity contribution in [2.24, 2.45) is 0 Å². The normalized spacial score (nSPS) is 11.0. The van der Waals surface area contributed by atoms with Gasteiger partial charge in [-0.3, -0.25) is 9.89 Å². The molecule has 0 saturated heterocycles. The van der Waals surface area contributed by atoms with Gasteiger partial charge < -0.3 is 5.32 Å². The van der Waals surface area contributed by atoms with Gasteiger partial charge in [-0.05, 0) is 40.2 Å². The van der Waals surface area contributed by atoms with Crippen molar-refractivity contribution in [3.63, 3.8) is 0 Å². The Bertz CT molecular complexity index is 1090. The van der Waals surface area contributed by atoms with Crippen molar-refractivity contribution >= 4 is 33.0 Å². The Morgan fingerprint density at radius 2 is 2.04 bits per heavy atom. The molecule has 3 aromatic heterocycles. The van der Waals surface area contributed by atoms with Gasteiger partial charge in [0.05, 0.1) is 39.3 Å². The average molecular weight is 400 g/mol. The Kier molecular flexibility index (Phi) is 3.81. The summed E-state index contributed by atoms with van der Waals surface area (Å²) in [6.45, 7) is 0. The zero-order valence-corrected chi connectivity index (χ0v) is 14.3. The molecule has 4 aromatic rings. The molecule has 0 aliphatic heterocycles. The molecule has 0 atom stereocenters. The summed E-state index contributed by atoms with van der Waals surface area (Å²) < 4.78 is 16.4. The number of anilines is 1. The fourth-order valence-corrected chi connectivity index (χ4v) is 2.94. The van der Waals surface area contributed by atoms with E-state index in [1.165, 1.54) is 12.3 Å². The molecule has 0 saturated carbocycles. The lowest BCUT2D eigenvalue weighted by molar-refractivity contribution is 0.102. The van der Waals surface area contributed by atoms with Crippen LogP contribution in [0.15, 0.2) is 59.5 Å². The average Bonchev–Trinajstić information content (AvgIpc) is 3.22. The van der Waals surface area contributed by atoms with Crippen molar-refractivity contribution in [2.75, 3.05) is 5.32 Å². The van der Waals surface area contributed by atoms with Crippen molar-refractivity contribution in [3.8, 4) is 11.3 Å². The third kappa shape index (κ3) is 2.80. The Balaban J connectivity index is 1.65. The molecular formula is C17H11BrFN5O. The van der Waals surface area contributed by atoms with E-state index in [0.717, 1.165) is 9.99 Å². The number of hydrogen-bond acceptors (Lipinski definition) is 3. The first kappa shape index (κ1) is 15.5. The van der Waals surface area contributed by atoms with Crippen LogP contribution < -0.4 is 5.32 Å². The van der Waals surface area contributed by atoms with E-state index in [9.17, 15) is 9.18 Å². The van der Waals surface area contributed by atoms with Crippen molar-refractivity contribution in [2.45, 2.75) is 0 Å². The predicted octanol–water partition coefficient (Wildman–Crippen LogP) is 3.88. The third-order valence-electron chi connectivity index (χ3n) is 3.76. The van der Waals surface area contributed by atoms with E-state index in [4.69, 9.17) is 0 Å². The van der Waals surface area contributed by atoms with Gasteiger partial charge in [0.25, 0.3) is 5.91 Å². The van der Waals surface area contributed by atoms with E-state index in [0.29, 0.717) is 22.5 Å². The summed E-state index contributed by atoms with van der Waals surface area (Å²) in [4.78, 5) is 12.5. The molecule has 0 aliphatic carbocycles. The zero-order chi connectivity index (χ0) is 17.4. The molecule has 2 N–H and O–H groups in total. The van der Waals surface area contributed by atoms with Crippen LogP contribution in [0.5, 0.6) is 0 Å². The Morgan fingerprint density at radius 3 is 2.88 bits per heavy atom. The lowest BCUT2D eigenvalue weighted by Gasteiger charge is -2.07. The highest BCUT2D eigenvalue weighted by molar-refractivity contribution is 9.10. The van der Waals surface area contributed by atoms with Crippen molar-refractivity contribution in [3.05, 3.63) is 70.8 Å². The van der Waals surface area contributed by atoms with Crippen LogP contribution in [-0.4, -0.2) is 25.7 Å². The maximum absolute atomic E-state index is 14.0. The number of carbonyl (C=O) groups excluding carboxylic acids is 1. The lowest BCUT2D eigenvalue weighted by Crippen LogP contribution is -2.13. The summed E-state index contributed by atoms with van der Waals surface area (Å²) in [5.41, 5.74) is 2.42. The van der Waals surface area contributed by atoms with Gasteiger partial charge >= 0.3 is 0 Å². The molecule has 0 radical (unpaired) electrons. The van der Waals surface area contributed by atoms with Crippen LogP contribution in [0.4, 0.5) is 10.1 Å². The fourth-order valence-electron chi connectivity index (χ4n) is 2.53. The summed E-state index contributed by atoms with van der Waals surface area (Å²) in [5, 5.41) is 13.5. The molecule has 0 fully saturated rings. The van der Waals surface area contributed by atoms with E-state index in [-0.39, 0.29) is 5.91 Å². The molecule has 124 valence electrons. The first-order valence-corrected chi connectivity index (χ1v) is 8.15. The number of aromatic amines is 1. The van der Waals surface area contributed by atoms with Gasteiger partial charge in [0.1, 0.15) is 5.82 Å². The number of nitrogens with zero attached hydrogens (tertiary/aromatic N) is 3. The van der Waals surface area contributed by atoms with Crippen LogP contribution in [-0.2, 0) is 0 Å². The SMILES string of the molecule is O=C(Nc1cn[nH]c1-c1ccccc1F)c1ccc2c(Br)cnn2c1. The van der Waals surface area contributed by atoms with Gasteiger partial charge in [-0.25, -0.2) is 8.91 Å². The molecule has 0 spiro atoms. The van der Waals surface area contributed by atoms with Crippen LogP contribution in [0.25, 0.3) is 16.8 Å². The van der Waals surface area contributed by atoms with Gasteiger partial charge in [-0.1, -0.05) is 12.1 Å². The molecule has 25 heavy (non-hydrogen) atoms. The minimum absolute atomic E-state index is 0.335. The van der Waals surface area contributed by atoms with Crippen LogP contribution in [0.3, 0.4) is 0 Å². The van der Waals surface area contributed by atoms with E-state index in [1.807, 2.05) is 0 Å². The number of halogens is 2. The van der Waals surface area contributed by atoms with Crippen LogP contribution >= 0.6 is 15.9 Å². The molecule has 0 aliphatic rings. The van der Waals surface area contributed by atoms with E-state index < -0.39 is 5.82 Å². The van der Waals surface area contributed by atoms with Crippen LogP contribution in [0.2, 0.25) is 0 Å². The van der Waals surface area contributed by atoms with E-state index in [2.05, 4.69) is 36.5 Å². The molecule has 0 unspecified atom stereocenters. The summed E-state index contributed by atoms with van der Waals surface area (Å²) in [5.74, 6) is -0.738. The maximum atomic E-state index is 14.0. The summed E-state index contributed by atoms with van der Waals surface area (Å²) >= 11 is 3.39. The topological polar surface area (TPSA) is 75.1 Å². The largest absolute Gasteiger partial charge is 0.319 e. The van der Waals surface area contributed by atoms with Crippen molar-refractivity contribution in [1.29, 1.82) is 0 Å². The Labute approximate surface area is 149 Å². The highest BCUT2D eigenvalue weighted by Gasteiger charge is 2.15. The highest BCUT2D eigenvalue weighted by atomic mass is 79.9. The third-order valence-corrected chi connectivity index (χ3v) is 4.37. The van der Waals surface area contributed by atoms with Crippen molar-refractivity contribution < 1.29 is 9.18 Å². The van der Waals surface area contributed by atoms with Gasteiger partial charge in [0, 0.05) is 11.8 Å². The molecule has 0 bridgehead atoms. The second kappa shape index (κ2) is 6.14. The number of amides is 1. The number of benzene rings is 1. The second-order valence-electron chi connectivity index (χ2n) is 5.33. The van der Waals surface area contributed by atoms with E-state index >= 15 is 0 Å². The predicted molar refractivity (Wildman–Crippen MR) is 94.8 cm³/mol. The Morgan fingerprint density at radius 1 is 1.20 bits per heavy atom. The Hall–Kier alpha value is -3.00. The number of carbonyl (C=O) groups is 1. The molecule has 6 nitrogen and oxygen atoms in total. The molecular weight excluding hydrogens is 389 g/mol. The van der Waals surface area contributed by atoms with Gasteiger partial charge in [0.15, 0.2) is 0 Å². The van der Waals surface area contributed by atoms with Crippen molar-refractivity contribution in [1.82, 2.24) is 19.8 Å². The monoisotopic (exact) mass is 399 g/mol. The number of pyridine rings is 1. The zero-order valence-electron chi connectivity index (χ0n) is 12.7. The maximum Gasteiger partial charge on any atom is 0.257 e. The number of aromatic nitrogens is 4. The standard InChI is InChI=1S/C17H11BrFN5O/c18-12-7-21-24-9-10(5-6-15(12)24)17(25)22-14-8-20-23-16(14)11-3-1-2-4-13(11)19/h1-9H,(H,20,23)(H,22,25). The minimum atomic E-state index is -0.398. The number of hydrogen-bond donors (Lipinski definition) is 2. The van der Waals surface area contributed by atoms with Crippen LogP contribution in [0.1, 0.15) is 10.4 Å². The number of H-pyrrole nitrogens is 1. The summed E-state index contributed by atoms with van der Waals surface area (Å²) in [7, 11) is 0. The summed E-state index contributed by atoms with van der Waals surface area (Å²) in [6.07, 6.45) is 4.73. The quantitative estimate of drug-likeness (QED) is 0.548. The first-order valence-electron chi connectivity index (χ1n) is 7.36. The summed E-state index contributed by atoms with van der Waals surface area (Å²) in [6, 6.07) is 9.77. The van der Waals surface area contributed by atoms with Crippen LogP contribution in [0, 0.1) is 5.82 Å². The van der Waals surface area contributed by atoms with Gasteiger partial charge in [0.2, 0.25) is 0 Å².